The molecule has 20 heavy (non-hydrogen) atoms. The van der Waals surface area contributed by atoms with Crippen molar-refractivity contribution in [2.24, 2.45) is 5.92 Å². The number of methoxy groups -OCH3 is 1. The highest BCUT2D eigenvalue weighted by Crippen LogP contribution is 2.33. The molecule has 108 valence electrons. The number of carbonyl (C=O) groups is 1. The molecule has 3 atom stereocenters. The lowest BCUT2D eigenvalue weighted by Crippen LogP contribution is -2.52. The molecule has 1 aromatic rings. The summed E-state index contributed by atoms with van der Waals surface area (Å²) in [6.07, 6.45) is 7.34. The molecule has 2 aliphatic rings. The first-order valence-corrected chi connectivity index (χ1v) is 7.73. The van der Waals surface area contributed by atoms with Gasteiger partial charge in [-0.25, -0.2) is 0 Å². The Labute approximate surface area is 120 Å². The number of benzene rings is 1. The maximum atomic E-state index is 12.7. The fraction of sp³-hybridized carbons (Fsp3) is 0.588. The minimum Gasteiger partial charge on any atom is -0.496 e. The summed E-state index contributed by atoms with van der Waals surface area (Å²) in [6.45, 7) is 0. The van der Waals surface area contributed by atoms with Gasteiger partial charge in [0.1, 0.15) is 5.75 Å². The van der Waals surface area contributed by atoms with Crippen LogP contribution in [0.3, 0.4) is 0 Å². The van der Waals surface area contributed by atoms with E-state index in [9.17, 15) is 4.79 Å². The normalized spacial score (nSPS) is 29.6. The largest absolute Gasteiger partial charge is 0.496 e. The van der Waals surface area contributed by atoms with Crippen LogP contribution in [-0.2, 0) is 0 Å². The fourth-order valence-corrected chi connectivity index (χ4v) is 3.74. The van der Waals surface area contributed by atoms with Gasteiger partial charge in [-0.2, -0.15) is 0 Å². The van der Waals surface area contributed by atoms with Crippen molar-refractivity contribution in [1.29, 1.82) is 0 Å². The van der Waals surface area contributed by atoms with Gasteiger partial charge in [-0.05, 0) is 43.7 Å². The third-order valence-corrected chi connectivity index (χ3v) is 4.84. The molecule has 1 heterocycles. The topological polar surface area (TPSA) is 38.3 Å². The van der Waals surface area contributed by atoms with Crippen LogP contribution in [0, 0.1) is 5.92 Å². The number of carbonyl (C=O) groups excluding carboxylic acids is 1. The van der Waals surface area contributed by atoms with Crippen LogP contribution in [0.15, 0.2) is 24.3 Å². The van der Waals surface area contributed by atoms with E-state index in [0.29, 0.717) is 17.4 Å². The number of para-hydroxylation sites is 1. The Morgan fingerprint density at radius 3 is 2.80 bits per heavy atom. The Hall–Kier alpha value is -1.35. The predicted octanol–water partition coefficient (Wildman–Crippen LogP) is 3.19. The van der Waals surface area contributed by atoms with Crippen LogP contribution >= 0.6 is 0 Å². The van der Waals surface area contributed by atoms with Crippen molar-refractivity contribution in [2.75, 3.05) is 7.11 Å². The monoisotopic (exact) mass is 273 g/mol. The zero-order valence-corrected chi connectivity index (χ0v) is 12.1. The maximum absolute atomic E-state index is 12.7. The second kappa shape index (κ2) is 5.96. The van der Waals surface area contributed by atoms with E-state index in [1.807, 2.05) is 24.3 Å². The summed E-state index contributed by atoms with van der Waals surface area (Å²) < 4.78 is 5.32. The van der Waals surface area contributed by atoms with Crippen molar-refractivity contribution < 1.29 is 9.53 Å². The molecule has 0 spiro atoms. The van der Waals surface area contributed by atoms with Crippen molar-refractivity contribution in [1.82, 2.24) is 5.32 Å². The van der Waals surface area contributed by atoms with Crippen LogP contribution < -0.4 is 10.1 Å². The van der Waals surface area contributed by atoms with Crippen molar-refractivity contribution in [2.45, 2.75) is 50.6 Å². The van der Waals surface area contributed by atoms with E-state index in [1.165, 1.54) is 32.1 Å². The molecule has 0 bridgehead atoms. The highest BCUT2D eigenvalue weighted by atomic mass is 16.5. The predicted molar refractivity (Wildman–Crippen MR) is 79.2 cm³/mol. The quantitative estimate of drug-likeness (QED) is 0.860. The van der Waals surface area contributed by atoms with Crippen molar-refractivity contribution in [3.63, 3.8) is 0 Å². The molecule has 3 nitrogen and oxygen atoms in total. The lowest BCUT2D eigenvalue weighted by Gasteiger charge is -2.40. The first-order valence-electron chi connectivity index (χ1n) is 7.73. The number of nitrogens with one attached hydrogen (secondary N) is 1. The summed E-state index contributed by atoms with van der Waals surface area (Å²) in [6, 6.07) is 8.05. The molecule has 3 unspecified atom stereocenters. The van der Waals surface area contributed by atoms with Crippen molar-refractivity contribution >= 4 is 5.78 Å². The van der Waals surface area contributed by atoms with Gasteiger partial charge in [0.25, 0.3) is 0 Å². The van der Waals surface area contributed by atoms with Crippen LogP contribution in [-0.4, -0.2) is 25.0 Å². The molecular formula is C17H23NO2. The number of ether oxygens (including phenoxy) is 1. The van der Waals surface area contributed by atoms with Gasteiger partial charge in [0, 0.05) is 6.04 Å². The molecule has 1 aromatic carbocycles. The molecule has 1 saturated carbocycles. The summed E-state index contributed by atoms with van der Waals surface area (Å²) in [4.78, 5) is 12.7. The molecule has 1 aliphatic carbocycles. The smallest absolute Gasteiger partial charge is 0.183 e. The summed E-state index contributed by atoms with van der Waals surface area (Å²) in [5.41, 5.74) is 0.710. The minimum absolute atomic E-state index is 0.0364. The molecule has 1 saturated heterocycles. The van der Waals surface area contributed by atoms with Gasteiger partial charge in [0.15, 0.2) is 5.78 Å². The summed E-state index contributed by atoms with van der Waals surface area (Å²) in [7, 11) is 1.62. The summed E-state index contributed by atoms with van der Waals surface area (Å²) in [5.74, 6) is 1.65. The molecule has 3 heteroatoms. The maximum Gasteiger partial charge on any atom is 0.183 e. The second-order valence-electron chi connectivity index (χ2n) is 6.01. The van der Waals surface area contributed by atoms with E-state index >= 15 is 0 Å². The highest BCUT2D eigenvalue weighted by molar-refractivity contribution is 6.02. The number of ketones is 1. The molecule has 1 N–H and O–H groups in total. The average molecular weight is 273 g/mol. The van der Waals surface area contributed by atoms with Gasteiger partial charge < -0.3 is 10.1 Å². The van der Waals surface area contributed by atoms with Gasteiger partial charge in [-0.1, -0.05) is 25.0 Å². The van der Waals surface area contributed by atoms with Gasteiger partial charge in [-0.3, -0.25) is 4.79 Å². The lowest BCUT2D eigenvalue weighted by atomic mass is 9.77. The van der Waals surface area contributed by atoms with Gasteiger partial charge >= 0.3 is 0 Å². The van der Waals surface area contributed by atoms with Gasteiger partial charge in [0.2, 0.25) is 0 Å². The number of Topliss-reactive ketones (excluding diaryl/α,β-unsaturated/α-hetero) is 1. The Bertz CT molecular complexity index is 486. The van der Waals surface area contributed by atoms with E-state index in [4.69, 9.17) is 4.74 Å². The Kier molecular flexibility index (Phi) is 4.06. The Morgan fingerprint density at radius 1 is 1.15 bits per heavy atom. The first kappa shape index (κ1) is 13.6. The van der Waals surface area contributed by atoms with E-state index in [2.05, 4.69) is 5.32 Å². The standard InChI is InChI=1S/C17H23NO2/c1-20-16-9-5-3-7-13(16)17(19)15-11-10-12-6-2-4-8-14(12)18-15/h3,5,7,9,12,14-15,18H,2,4,6,8,10-11H2,1H3. The highest BCUT2D eigenvalue weighted by Gasteiger charge is 2.35. The number of rotatable bonds is 3. The van der Waals surface area contributed by atoms with Crippen LogP contribution in [0.25, 0.3) is 0 Å². The average Bonchev–Trinajstić information content (AvgIpc) is 2.53. The molecule has 3 rings (SSSR count). The molecule has 1 aliphatic heterocycles. The number of piperidine rings is 1. The van der Waals surface area contributed by atoms with E-state index < -0.39 is 0 Å². The Morgan fingerprint density at radius 2 is 1.95 bits per heavy atom. The third-order valence-electron chi connectivity index (χ3n) is 4.84. The molecule has 0 radical (unpaired) electrons. The second-order valence-corrected chi connectivity index (χ2v) is 6.01. The molecule has 2 fully saturated rings. The van der Waals surface area contributed by atoms with Gasteiger partial charge in [0.05, 0.1) is 18.7 Å². The summed E-state index contributed by atoms with van der Waals surface area (Å²) >= 11 is 0. The molecule has 0 aromatic heterocycles. The zero-order valence-electron chi connectivity index (χ0n) is 12.1. The minimum atomic E-state index is -0.0364. The zero-order chi connectivity index (χ0) is 13.9. The first-order chi connectivity index (χ1) is 9.79. The van der Waals surface area contributed by atoms with Crippen LogP contribution in [0.5, 0.6) is 5.75 Å². The molecule has 0 amide bonds. The van der Waals surface area contributed by atoms with Crippen molar-refractivity contribution in [3.8, 4) is 5.75 Å². The van der Waals surface area contributed by atoms with Crippen LogP contribution in [0.2, 0.25) is 0 Å². The van der Waals surface area contributed by atoms with E-state index in [-0.39, 0.29) is 11.8 Å². The van der Waals surface area contributed by atoms with Crippen LogP contribution in [0.1, 0.15) is 48.9 Å². The Balaban J connectivity index is 1.74. The van der Waals surface area contributed by atoms with Crippen molar-refractivity contribution in [3.05, 3.63) is 29.8 Å². The fourth-order valence-electron chi connectivity index (χ4n) is 3.74. The van der Waals surface area contributed by atoms with E-state index in [0.717, 1.165) is 12.3 Å². The van der Waals surface area contributed by atoms with Gasteiger partial charge in [-0.15, -0.1) is 0 Å². The lowest BCUT2D eigenvalue weighted by molar-refractivity contribution is 0.0858. The number of hydrogen-bond acceptors (Lipinski definition) is 3. The number of fused-ring (bicyclic) bond motifs is 1. The SMILES string of the molecule is COc1ccccc1C(=O)C1CCC2CCCCC2N1. The van der Waals surface area contributed by atoms with E-state index in [1.54, 1.807) is 7.11 Å². The third kappa shape index (κ3) is 2.59. The number of hydrogen-bond donors (Lipinski definition) is 1. The van der Waals surface area contributed by atoms with Crippen LogP contribution in [0.4, 0.5) is 0 Å². The molecular weight excluding hydrogens is 250 g/mol. The summed E-state index contributed by atoms with van der Waals surface area (Å²) in [5, 5.41) is 3.60.